The first-order chi connectivity index (χ1) is 6.11. The highest BCUT2D eigenvalue weighted by molar-refractivity contribution is 9.11. The van der Waals surface area contributed by atoms with E-state index in [-0.39, 0.29) is 0 Å². The van der Waals surface area contributed by atoms with Crippen molar-refractivity contribution in [3.05, 3.63) is 20.6 Å². The van der Waals surface area contributed by atoms with Crippen LogP contribution in [0, 0.1) is 6.92 Å². The second-order valence-electron chi connectivity index (χ2n) is 2.56. The summed E-state index contributed by atoms with van der Waals surface area (Å²) >= 11 is 6.85. The molecule has 0 atom stereocenters. The van der Waals surface area contributed by atoms with Crippen LogP contribution in [0.3, 0.4) is 0 Å². The Balaban J connectivity index is 3.41. The van der Waals surface area contributed by atoms with Gasteiger partial charge in [-0.25, -0.2) is 0 Å². The first-order valence-electron chi connectivity index (χ1n) is 3.68. The molecule has 2 nitrogen and oxygen atoms in total. The molecule has 0 aliphatic carbocycles. The van der Waals surface area contributed by atoms with Gasteiger partial charge in [-0.15, -0.1) is 0 Å². The maximum absolute atomic E-state index is 5.23. The summed E-state index contributed by atoms with van der Waals surface area (Å²) in [5.41, 5.74) is 1.10. The van der Waals surface area contributed by atoms with E-state index in [1.807, 2.05) is 13.0 Å². The Morgan fingerprint density at radius 2 is 1.62 bits per heavy atom. The van der Waals surface area contributed by atoms with Crippen molar-refractivity contribution in [3.63, 3.8) is 0 Å². The normalized spacial score (nSPS) is 9.92. The summed E-state index contributed by atoms with van der Waals surface area (Å²) < 4.78 is 12.2. The van der Waals surface area contributed by atoms with E-state index in [1.54, 1.807) is 14.2 Å². The number of methoxy groups -OCH3 is 2. The SMILES string of the molecule is COc1c(Br)cc(C)c(Br)c1OC. The third-order valence-electron chi connectivity index (χ3n) is 1.72. The van der Waals surface area contributed by atoms with Crippen LogP contribution in [0.4, 0.5) is 0 Å². The third kappa shape index (κ3) is 1.99. The summed E-state index contributed by atoms with van der Waals surface area (Å²) in [6, 6.07) is 1.98. The van der Waals surface area contributed by atoms with Crippen molar-refractivity contribution in [1.29, 1.82) is 0 Å². The molecule has 0 aliphatic rings. The molecule has 0 aliphatic heterocycles. The fraction of sp³-hybridized carbons (Fsp3) is 0.333. The molecule has 1 aromatic rings. The molecule has 0 aromatic heterocycles. The van der Waals surface area contributed by atoms with E-state index in [2.05, 4.69) is 31.9 Å². The zero-order valence-electron chi connectivity index (χ0n) is 7.65. The van der Waals surface area contributed by atoms with Crippen molar-refractivity contribution in [2.24, 2.45) is 0 Å². The largest absolute Gasteiger partial charge is 0.492 e. The molecule has 1 aromatic carbocycles. The molecule has 0 heterocycles. The van der Waals surface area contributed by atoms with Gasteiger partial charge in [-0.05, 0) is 50.4 Å². The monoisotopic (exact) mass is 308 g/mol. The van der Waals surface area contributed by atoms with Crippen molar-refractivity contribution < 1.29 is 9.47 Å². The minimum Gasteiger partial charge on any atom is -0.492 e. The maximum Gasteiger partial charge on any atom is 0.176 e. The maximum atomic E-state index is 5.23. The van der Waals surface area contributed by atoms with E-state index in [4.69, 9.17) is 9.47 Å². The molecule has 0 radical (unpaired) electrons. The second kappa shape index (κ2) is 4.33. The number of aryl methyl sites for hydroxylation is 1. The highest BCUT2D eigenvalue weighted by atomic mass is 79.9. The van der Waals surface area contributed by atoms with Gasteiger partial charge in [-0.1, -0.05) is 0 Å². The van der Waals surface area contributed by atoms with Gasteiger partial charge >= 0.3 is 0 Å². The van der Waals surface area contributed by atoms with Crippen LogP contribution in [0.25, 0.3) is 0 Å². The molecule has 1 rings (SSSR count). The van der Waals surface area contributed by atoms with Crippen LogP contribution in [0.5, 0.6) is 11.5 Å². The van der Waals surface area contributed by atoms with Gasteiger partial charge in [0.1, 0.15) is 0 Å². The average molecular weight is 310 g/mol. The minimum atomic E-state index is 0.708. The molecular weight excluding hydrogens is 300 g/mol. The lowest BCUT2D eigenvalue weighted by Crippen LogP contribution is -1.94. The molecule has 72 valence electrons. The zero-order chi connectivity index (χ0) is 10.0. The summed E-state index contributed by atoms with van der Waals surface area (Å²) in [5, 5.41) is 0. The summed E-state index contributed by atoms with van der Waals surface area (Å²) in [6.45, 7) is 2.00. The quantitative estimate of drug-likeness (QED) is 0.832. The van der Waals surface area contributed by atoms with Gasteiger partial charge in [0.15, 0.2) is 11.5 Å². The van der Waals surface area contributed by atoms with Crippen LogP contribution in [0.15, 0.2) is 15.0 Å². The van der Waals surface area contributed by atoms with E-state index in [0.29, 0.717) is 5.75 Å². The number of ether oxygens (including phenoxy) is 2. The Labute approximate surface area is 94.5 Å². The second-order valence-corrected chi connectivity index (χ2v) is 4.20. The lowest BCUT2D eigenvalue weighted by Gasteiger charge is -2.12. The molecule has 0 unspecified atom stereocenters. The molecule has 0 saturated carbocycles. The summed E-state index contributed by atoms with van der Waals surface area (Å²) in [6.07, 6.45) is 0. The Kier molecular flexibility index (Phi) is 3.62. The summed E-state index contributed by atoms with van der Waals surface area (Å²) in [7, 11) is 3.24. The highest BCUT2D eigenvalue weighted by Gasteiger charge is 2.14. The average Bonchev–Trinajstić information content (AvgIpc) is 2.10. The molecule has 0 amide bonds. The van der Waals surface area contributed by atoms with Crippen molar-refractivity contribution in [2.45, 2.75) is 6.92 Å². The minimum absolute atomic E-state index is 0.708. The Morgan fingerprint density at radius 1 is 1.08 bits per heavy atom. The first-order valence-corrected chi connectivity index (χ1v) is 5.27. The predicted molar refractivity (Wildman–Crippen MR) is 59.7 cm³/mol. The molecule has 0 spiro atoms. The van der Waals surface area contributed by atoms with Gasteiger partial charge in [0.2, 0.25) is 0 Å². The summed E-state index contributed by atoms with van der Waals surface area (Å²) in [5.74, 6) is 1.43. The van der Waals surface area contributed by atoms with E-state index in [0.717, 1.165) is 20.3 Å². The third-order valence-corrected chi connectivity index (χ3v) is 3.29. The van der Waals surface area contributed by atoms with Gasteiger partial charge in [-0.2, -0.15) is 0 Å². The van der Waals surface area contributed by atoms with Crippen LogP contribution < -0.4 is 9.47 Å². The standard InChI is InChI=1S/C9H10Br2O2/c1-5-4-6(10)8(12-2)9(13-3)7(5)11/h4H,1-3H3. The van der Waals surface area contributed by atoms with Crippen LogP contribution >= 0.6 is 31.9 Å². The Bertz CT molecular complexity index is 324. The molecular formula is C9H10Br2O2. The topological polar surface area (TPSA) is 18.5 Å². The number of halogens is 2. The lowest BCUT2D eigenvalue weighted by atomic mass is 10.2. The van der Waals surface area contributed by atoms with Crippen molar-refractivity contribution in [3.8, 4) is 11.5 Å². The fourth-order valence-corrected chi connectivity index (χ4v) is 2.22. The predicted octanol–water partition coefficient (Wildman–Crippen LogP) is 3.54. The van der Waals surface area contributed by atoms with E-state index >= 15 is 0 Å². The van der Waals surface area contributed by atoms with Crippen LogP contribution in [-0.4, -0.2) is 14.2 Å². The van der Waals surface area contributed by atoms with Crippen LogP contribution in [0.1, 0.15) is 5.56 Å². The number of hydrogen-bond donors (Lipinski definition) is 0. The van der Waals surface area contributed by atoms with E-state index < -0.39 is 0 Å². The molecule has 4 heteroatoms. The first kappa shape index (κ1) is 10.9. The molecule has 0 N–H and O–H groups in total. The molecule has 0 fully saturated rings. The molecule has 0 bridgehead atoms. The van der Waals surface area contributed by atoms with E-state index in [9.17, 15) is 0 Å². The van der Waals surface area contributed by atoms with Crippen LogP contribution in [-0.2, 0) is 0 Å². The van der Waals surface area contributed by atoms with Crippen molar-refractivity contribution in [1.82, 2.24) is 0 Å². The van der Waals surface area contributed by atoms with Crippen molar-refractivity contribution in [2.75, 3.05) is 14.2 Å². The van der Waals surface area contributed by atoms with Gasteiger partial charge in [0, 0.05) is 0 Å². The number of hydrogen-bond acceptors (Lipinski definition) is 2. The van der Waals surface area contributed by atoms with Gasteiger partial charge < -0.3 is 9.47 Å². The fourth-order valence-electron chi connectivity index (χ4n) is 1.08. The van der Waals surface area contributed by atoms with Gasteiger partial charge in [0.05, 0.1) is 23.2 Å². The summed E-state index contributed by atoms with van der Waals surface area (Å²) in [4.78, 5) is 0. The Morgan fingerprint density at radius 3 is 2.08 bits per heavy atom. The number of benzene rings is 1. The molecule has 0 saturated heterocycles. The Hall–Kier alpha value is -0.220. The van der Waals surface area contributed by atoms with E-state index in [1.165, 1.54) is 0 Å². The smallest absolute Gasteiger partial charge is 0.176 e. The lowest BCUT2D eigenvalue weighted by molar-refractivity contribution is 0.351. The van der Waals surface area contributed by atoms with Gasteiger partial charge in [-0.3, -0.25) is 0 Å². The highest BCUT2D eigenvalue weighted by Crippen LogP contribution is 2.42. The zero-order valence-corrected chi connectivity index (χ0v) is 10.8. The van der Waals surface area contributed by atoms with Crippen LogP contribution in [0.2, 0.25) is 0 Å². The number of rotatable bonds is 2. The van der Waals surface area contributed by atoms with Crippen molar-refractivity contribution >= 4 is 31.9 Å². The molecule has 13 heavy (non-hydrogen) atoms. The van der Waals surface area contributed by atoms with Gasteiger partial charge in [0.25, 0.3) is 0 Å².